The summed E-state index contributed by atoms with van der Waals surface area (Å²) in [6.45, 7) is 2.04. The molecule has 3 aromatic rings. The number of hydrogen-bond donors (Lipinski definition) is 3. The second kappa shape index (κ2) is 5.72. The maximum atomic E-state index is 5.50. The molecule has 21 heavy (non-hydrogen) atoms. The van der Waals surface area contributed by atoms with E-state index in [1.807, 2.05) is 37.3 Å². The predicted octanol–water partition coefficient (Wildman–Crippen LogP) is 2.62. The summed E-state index contributed by atoms with van der Waals surface area (Å²) in [5.74, 6) is 6.88. The fourth-order valence-corrected chi connectivity index (χ4v) is 2.32. The molecule has 2 aromatic heterocycles. The summed E-state index contributed by atoms with van der Waals surface area (Å²) in [4.78, 5) is 12.8. The highest BCUT2D eigenvalue weighted by molar-refractivity contribution is 5.93. The lowest BCUT2D eigenvalue weighted by Gasteiger charge is -2.13. The predicted molar refractivity (Wildman–Crippen MR) is 84.2 cm³/mol. The van der Waals surface area contributed by atoms with Crippen molar-refractivity contribution in [2.75, 3.05) is 10.7 Å². The van der Waals surface area contributed by atoms with Crippen molar-refractivity contribution in [3.05, 3.63) is 48.4 Å². The van der Waals surface area contributed by atoms with Gasteiger partial charge in [0, 0.05) is 22.8 Å². The number of fused-ring (bicyclic) bond motifs is 1. The van der Waals surface area contributed by atoms with E-state index in [4.69, 9.17) is 5.84 Å². The number of hydrogen-bond acceptors (Lipinski definition) is 6. The van der Waals surface area contributed by atoms with Gasteiger partial charge in [0.15, 0.2) is 0 Å². The number of benzene rings is 1. The molecule has 0 unspecified atom stereocenters. The third-order valence-electron chi connectivity index (χ3n) is 3.33. The second-order valence-electron chi connectivity index (χ2n) is 4.55. The summed E-state index contributed by atoms with van der Waals surface area (Å²) >= 11 is 0. The number of hydrazine groups is 1. The Morgan fingerprint density at radius 2 is 1.90 bits per heavy atom. The van der Waals surface area contributed by atoms with Crippen molar-refractivity contribution in [1.29, 1.82) is 0 Å². The first-order chi connectivity index (χ1) is 10.3. The highest BCUT2D eigenvalue weighted by Crippen LogP contribution is 2.27. The normalized spacial score (nSPS) is 10.6. The molecule has 0 bridgehead atoms. The quantitative estimate of drug-likeness (QED) is 0.503. The Morgan fingerprint density at radius 1 is 1.05 bits per heavy atom. The summed E-state index contributed by atoms with van der Waals surface area (Å²) in [6.07, 6.45) is 4.04. The monoisotopic (exact) mass is 280 g/mol. The van der Waals surface area contributed by atoms with E-state index in [0.29, 0.717) is 5.82 Å². The molecule has 0 amide bonds. The number of nitrogens with two attached hydrogens (primary N) is 1. The fraction of sp³-hybridized carbons (Fsp3) is 0.133. The maximum Gasteiger partial charge on any atom is 0.148 e. The first kappa shape index (κ1) is 13.3. The molecule has 0 aliphatic heterocycles. The molecule has 0 aliphatic carbocycles. The highest BCUT2D eigenvalue weighted by atomic mass is 15.3. The van der Waals surface area contributed by atoms with E-state index < -0.39 is 0 Å². The van der Waals surface area contributed by atoms with Crippen LogP contribution in [0.1, 0.15) is 12.5 Å². The molecule has 4 N–H and O–H groups in total. The minimum atomic E-state index is 0.633. The fourth-order valence-electron chi connectivity index (χ4n) is 2.32. The Bertz CT molecular complexity index is 766. The molecular weight excluding hydrogens is 264 g/mol. The first-order valence-corrected chi connectivity index (χ1v) is 6.74. The van der Waals surface area contributed by atoms with Gasteiger partial charge in [0.25, 0.3) is 0 Å². The summed E-state index contributed by atoms with van der Waals surface area (Å²) in [5, 5.41) is 4.40. The zero-order valence-electron chi connectivity index (χ0n) is 11.7. The number of pyridine rings is 1. The molecular formula is C15H16N6. The summed E-state index contributed by atoms with van der Waals surface area (Å²) in [6, 6.07) is 9.89. The molecule has 0 radical (unpaired) electrons. The zero-order valence-corrected chi connectivity index (χ0v) is 11.7. The molecule has 0 fully saturated rings. The minimum absolute atomic E-state index is 0.633. The van der Waals surface area contributed by atoms with Crippen molar-refractivity contribution in [3.63, 3.8) is 0 Å². The molecule has 0 spiro atoms. The van der Waals surface area contributed by atoms with Crippen LogP contribution in [-0.4, -0.2) is 15.0 Å². The van der Waals surface area contributed by atoms with Crippen molar-refractivity contribution in [3.8, 4) is 0 Å². The van der Waals surface area contributed by atoms with Crippen molar-refractivity contribution in [2.45, 2.75) is 13.3 Å². The number of nitrogen functional groups attached to an aromatic ring is 1. The van der Waals surface area contributed by atoms with Gasteiger partial charge >= 0.3 is 0 Å². The van der Waals surface area contributed by atoms with Crippen LogP contribution >= 0.6 is 0 Å². The van der Waals surface area contributed by atoms with Gasteiger partial charge in [0.05, 0.1) is 5.52 Å². The van der Waals surface area contributed by atoms with Crippen LogP contribution in [0.2, 0.25) is 0 Å². The lowest BCUT2D eigenvalue weighted by Crippen LogP contribution is -2.13. The van der Waals surface area contributed by atoms with Gasteiger partial charge in [-0.1, -0.05) is 13.0 Å². The zero-order chi connectivity index (χ0) is 14.7. The topological polar surface area (TPSA) is 88.8 Å². The average Bonchev–Trinajstić information content (AvgIpc) is 2.55. The van der Waals surface area contributed by atoms with E-state index in [1.165, 1.54) is 6.33 Å². The van der Waals surface area contributed by atoms with Gasteiger partial charge < -0.3 is 10.7 Å². The van der Waals surface area contributed by atoms with Gasteiger partial charge in [0.2, 0.25) is 0 Å². The van der Waals surface area contributed by atoms with Gasteiger partial charge in [-0.3, -0.25) is 4.98 Å². The lowest BCUT2D eigenvalue weighted by molar-refractivity contribution is 1.04. The van der Waals surface area contributed by atoms with Crippen LogP contribution < -0.4 is 16.6 Å². The van der Waals surface area contributed by atoms with E-state index in [0.717, 1.165) is 34.4 Å². The molecule has 0 atom stereocenters. The average molecular weight is 280 g/mol. The van der Waals surface area contributed by atoms with Crippen LogP contribution in [0.3, 0.4) is 0 Å². The molecule has 2 heterocycles. The summed E-state index contributed by atoms with van der Waals surface area (Å²) < 4.78 is 0. The van der Waals surface area contributed by atoms with Crippen molar-refractivity contribution >= 4 is 28.2 Å². The van der Waals surface area contributed by atoms with Crippen LogP contribution in [0.4, 0.5) is 17.3 Å². The van der Waals surface area contributed by atoms with Gasteiger partial charge in [-0.05, 0) is 30.7 Å². The molecule has 3 rings (SSSR count). The van der Waals surface area contributed by atoms with Crippen LogP contribution in [0.5, 0.6) is 0 Å². The third kappa shape index (κ3) is 2.48. The van der Waals surface area contributed by atoms with Crippen molar-refractivity contribution in [2.24, 2.45) is 5.84 Å². The third-order valence-corrected chi connectivity index (χ3v) is 3.33. The molecule has 0 saturated heterocycles. The minimum Gasteiger partial charge on any atom is -0.339 e. The van der Waals surface area contributed by atoms with E-state index in [2.05, 4.69) is 25.7 Å². The number of aromatic nitrogens is 3. The number of rotatable bonds is 4. The largest absolute Gasteiger partial charge is 0.339 e. The van der Waals surface area contributed by atoms with Crippen LogP contribution in [0, 0.1) is 0 Å². The van der Waals surface area contributed by atoms with E-state index in [9.17, 15) is 0 Å². The molecule has 0 saturated carbocycles. The highest BCUT2D eigenvalue weighted by Gasteiger charge is 2.10. The number of anilines is 3. The Labute approximate surface area is 122 Å². The van der Waals surface area contributed by atoms with Crippen LogP contribution in [0.25, 0.3) is 10.9 Å². The summed E-state index contributed by atoms with van der Waals surface area (Å²) in [5.41, 5.74) is 5.44. The van der Waals surface area contributed by atoms with E-state index >= 15 is 0 Å². The Morgan fingerprint density at radius 3 is 2.71 bits per heavy atom. The van der Waals surface area contributed by atoms with Crippen molar-refractivity contribution < 1.29 is 0 Å². The molecule has 6 nitrogen and oxygen atoms in total. The molecule has 6 heteroatoms. The maximum absolute atomic E-state index is 5.50. The molecule has 0 aliphatic rings. The number of nitrogens with zero attached hydrogens (tertiary/aromatic N) is 3. The number of nitrogens with one attached hydrogen (secondary N) is 2. The standard InChI is InChI=1S/C15H16N6/c1-2-10-14(18-9-19-15(10)21-16)20-13-7-3-6-12-11(13)5-4-8-17-12/h3-9H,2,16H2,1H3,(H2,18,19,20,21). The van der Waals surface area contributed by atoms with Gasteiger partial charge in [0.1, 0.15) is 18.0 Å². The molecule has 106 valence electrons. The van der Waals surface area contributed by atoms with Gasteiger partial charge in [-0.15, -0.1) is 0 Å². The Hall–Kier alpha value is -2.73. The van der Waals surface area contributed by atoms with Crippen LogP contribution in [0.15, 0.2) is 42.9 Å². The van der Waals surface area contributed by atoms with E-state index in [1.54, 1.807) is 6.20 Å². The van der Waals surface area contributed by atoms with Crippen LogP contribution in [-0.2, 0) is 6.42 Å². The lowest BCUT2D eigenvalue weighted by atomic mass is 10.1. The Kier molecular flexibility index (Phi) is 3.61. The SMILES string of the molecule is CCc1c(NN)ncnc1Nc1cccc2ncccc12. The Balaban J connectivity index is 2.07. The van der Waals surface area contributed by atoms with Gasteiger partial charge in [-0.25, -0.2) is 15.8 Å². The first-order valence-electron chi connectivity index (χ1n) is 6.74. The van der Waals surface area contributed by atoms with Crippen molar-refractivity contribution in [1.82, 2.24) is 15.0 Å². The van der Waals surface area contributed by atoms with E-state index in [-0.39, 0.29) is 0 Å². The van der Waals surface area contributed by atoms with Gasteiger partial charge in [-0.2, -0.15) is 0 Å². The smallest absolute Gasteiger partial charge is 0.148 e. The molecule has 1 aromatic carbocycles. The second-order valence-corrected chi connectivity index (χ2v) is 4.55. The summed E-state index contributed by atoms with van der Waals surface area (Å²) in [7, 11) is 0.